The van der Waals surface area contributed by atoms with E-state index in [9.17, 15) is 17.6 Å². The number of hydrogen-bond acceptors (Lipinski definition) is 3. The second kappa shape index (κ2) is 4.50. The summed E-state index contributed by atoms with van der Waals surface area (Å²) in [6.07, 6.45) is 0.352. The van der Waals surface area contributed by atoms with Gasteiger partial charge in [0.1, 0.15) is 5.82 Å². The average Bonchev–Trinajstić information content (AvgIpc) is 2.21. The Morgan fingerprint density at radius 2 is 2.13 bits per heavy atom. The van der Waals surface area contributed by atoms with Crippen molar-refractivity contribution in [3.63, 3.8) is 0 Å². The lowest BCUT2D eigenvalue weighted by molar-refractivity contribution is 0.111. The number of rotatable bonds is 4. The molecule has 1 rings (SSSR count). The third-order valence-corrected chi connectivity index (χ3v) is 3.21. The second-order valence-electron chi connectivity index (χ2n) is 2.90. The van der Waals surface area contributed by atoms with Crippen LogP contribution in [0.3, 0.4) is 0 Å². The fourth-order valence-electron chi connectivity index (χ4n) is 1.08. The molecule has 1 aromatic carbocycles. The molecule has 0 spiro atoms. The molecule has 0 fully saturated rings. The van der Waals surface area contributed by atoms with E-state index in [1.165, 1.54) is 25.2 Å². The molecule has 82 valence electrons. The number of benzene rings is 1. The zero-order valence-corrected chi connectivity index (χ0v) is 8.84. The van der Waals surface area contributed by atoms with Crippen LogP contribution in [0.15, 0.2) is 18.2 Å². The molecule has 0 bridgehead atoms. The first kappa shape index (κ1) is 11.8. The quantitative estimate of drug-likeness (QED) is 0.775. The summed E-state index contributed by atoms with van der Waals surface area (Å²) in [5.74, 6) is -1.26. The Kier molecular flexibility index (Phi) is 3.54. The third kappa shape index (κ3) is 2.84. The van der Waals surface area contributed by atoms with E-state index in [1.807, 2.05) is 0 Å². The van der Waals surface area contributed by atoms with E-state index in [-0.39, 0.29) is 11.1 Å². The van der Waals surface area contributed by atoms with E-state index in [0.717, 1.165) is 0 Å². The van der Waals surface area contributed by atoms with Crippen molar-refractivity contribution in [2.75, 3.05) is 7.05 Å². The molecule has 0 unspecified atom stereocenters. The molecule has 0 saturated heterocycles. The van der Waals surface area contributed by atoms with Crippen LogP contribution in [0.5, 0.6) is 0 Å². The van der Waals surface area contributed by atoms with Crippen molar-refractivity contribution in [2.24, 2.45) is 0 Å². The lowest BCUT2D eigenvalue weighted by atomic mass is 10.1. The summed E-state index contributed by atoms with van der Waals surface area (Å²) in [6.45, 7) is 0. The third-order valence-electron chi connectivity index (χ3n) is 1.89. The van der Waals surface area contributed by atoms with Crippen molar-refractivity contribution in [1.82, 2.24) is 4.72 Å². The summed E-state index contributed by atoms with van der Waals surface area (Å²) in [6, 6.07) is 4.06. The van der Waals surface area contributed by atoms with Crippen molar-refractivity contribution in [3.05, 3.63) is 35.1 Å². The number of hydrogen-bond donors (Lipinski definition) is 1. The van der Waals surface area contributed by atoms with Gasteiger partial charge in [0.15, 0.2) is 6.29 Å². The predicted octanol–water partition coefficient (Wildman–Crippen LogP) is 0.687. The molecule has 0 aromatic heterocycles. The van der Waals surface area contributed by atoms with Crippen LogP contribution in [0.1, 0.15) is 15.9 Å². The smallest absolute Gasteiger partial charge is 0.215 e. The van der Waals surface area contributed by atoms with Gasteiger partial charge in [0.25, 0.3) is 0 Å². The summed E-state index contributed by atoms with van der Waals surface area (Å²) in [5.41, 5.74) is -0.159. The Bertz CT molecular complexity index is 470. The molecule has 0 aliphatic carbocycles. The van der Waals surface area contributed by atoms with Crippen molar-refractivity contribution >= 4 is 16.3 Å². The minimum atomic E-state index is -3.53. The Morgan fingerprint density at radius 1 is 1.47 bits per heavy atom. The Hall–Kier alpha value is -1.27. The van der Waals surface area contributed by atoms with Crippen LogP contribution in [0.4, 0.5) is 4.39 Å². The first-order valence-corrected chi connectivity index (χ1v) is 5.79. The molecular weight excluding hydrogens is 221 g/mol. The molecule has 0 aliphatic rings. The number of sulfonamides is 1. The number of nitrogens with one attached hydrogen (secondary N) is 1. The van der Waals surface area contributed by atoms with E-state index < -0.39 is 21.6 Å². The fourth-order valence-corrected chi connectivity index (χ4v) is 1.86. The summed E-state index contributed by atoms with van der Waals surface area (Å²) in [5, 5.41) is 0. The highest BCUT2D eigenvalue weighted by Gasteiger charge is 2.14. The SMILES string of the molecule is CNS(=O)(=O)Cc1cccc(C=O)c1F. The number of halogens is 1. The van der Waals surface area contributed by atoms with Crippen LogP contribution < -0.4 is 4.72 Å². The van der Waals surface area contributed by atoms with E-state index in [1.54, 1.807) is 0 Å². The predicted molar refractivity (Wildman–Crippen MR) is 53.5 cm³/mol. The second-order valence-corrected chi connectivity index (χ2v) is 4.83. The number of carbonyl (C=O) groups excluding carboxylic acids is 1. The molecule has 0 radical (unpaired) electrons. The zero-order valence-electron chi connectivity index (χ0n) is 8.03. The van der Waals surface area contributed by atoms with Gasteiger partial charge in [-0.15, -0.1) is 0 Å². The van der Waals surface area contributed by atoms with E-state index in [2.05, 4.69) is 4.72 Å². The van der Waals surface area contributed by atoms with Crippen LogP contribution in [0.25, 0.3) is 0 Å². The largest absolute Gasteiger partial charge is 0.298 e. The van der Waals surface area contributed by atoms with Crippen molar-refractivity contribution in [1.29, 1.82) is 0 Å². The van der Waals surface area contributed by atoms with Gasteiger partial charge in [-0.2, -0.15) is 0 Å². The molecule has 15 heavy (non-hydrogen) atoms. The van der Waals surface area contributed by atoms with Gasteiger partial charge in [0.05, 0.1) is 11.3 Å². The van der Waals surface area contributed by atoms with Crippen molar-refractivity contribution < 1.29 is 17.6 Å². The van der Waals surface area contributed by atoms with Crippen LogP contribution >= 0.6 is 0 Å². The Balaban J connectivity index is 3.12. The molecule has 0 amide bonds. The molecule has 1 aromatic rings. The lowest BCUT2D eigenvalue weighted by Crippen LogP contribution is -2.21. The van der Waals surface area contributed by atoms with Gasteiger partial charge < -0.3 is 0 Å². The van der Waals surface area contributed by atoms with Gasteiger partial charge in [0, 0.05) is 5.56 Å². The Morgan fingerprint density at radius 3 is 2.67 bits per heavy atom. The van der Waals surface area contributed by atoms with Gasteiger partial charge in [0.2, 0.25) is 10.0 Å². The van der Waals surface area contributed by atoms with Crippen molar-refractivity contribution in [3.8, 4) is 0 Å². The standard InChI is InChI=1S/C9H10FNO3S/c1-11-15(13,14)6-8-4-2-3-7(5-12)9(8)10/h2-5,11H,6H2,1H3. The normalized spacial score (nSPS) is 11.3. The molecule has 0 saturated carbocycles. The average molecular weight is 231 g/mol. The summed E-state index contributed by atoms with van der Waals surface area (Å²) in [4.78, 5) is 10.4. The van der Waals surface area contributed by atoms with E-state index in [4.69, 9.17) is 0 Å². The first-order valence-electron chi connectivity index (χ1n) is 4.14. The lowest BCUT2D eigenvalue weighted by Gasteiger charge is -2.05. The van der Waals surface area contributed by atoms with Gasteiger partial charge in [-0.1, -0.05) is 12.1 Å². The molecular formula is C9H10FNO3S. The highest BCUT2D eigenvalue weighted by molar-refractivity contribution is 7.88. The maximum atomic E-state index is 13.4. The van der Waals surface area contributed by atoms with Crippen LogP contribution in [-0.4, -0.2) is 21.8 Å². The summed E-state index contributed by atoms with van der Waals surface area (Å²) < 4.78 is 37.8. The Labute approximate surface area is 87.2 Å². The van der Waals surface area contributed by atoms with Crippen molar-refractivity contribution in [2.45, 2.75) is 5.75 Å². The molecule has 4 nitrogen and oxygen atoms in total. The molecule has 1 N–H and O–H groups in total. The summed E-state index contributed by atoms with van der Waals surface area (Å²) >= 11 is 0. The highest BCUT2D eigenvalue weighted by Crippen LogP contribution is 2.13. The molecule has 0 aliphatic heterocycles. The fraction of sp³-hybridized carbons (Fsp3) is 0.222. The molecule has 0 heterocycles. The maximum absolute atomic E-state index is 13.4. The van der Waals surface area contributed by atoms with Crippen LogP contribution in [-0.2, 0) is 15.8 Å². The monoisotopic (exact) mass is 231 g/mol. The van der Waals surface area contributed by atoms with Crippen LogP contribution in [0, 0.1) is 5.82 Å². The zero-order chi connectivity index (χ0) is 11.5. The van der Waals surface area contributed by atoms with Gasteiger partial charge in [-0.3, -0.25) is 4.79 Å². The minimum absolute atomic E-state index is 0.0195. The van der Waals surface area contributed by atoms with Gasteiger partial charge in [-0.25, -0.2) is 17.5 Å². The topological polar surface area (TPSA) is 63.2 Å². The van der Waals surface area contributed by atoms with Crippen LogP contribution in [0.2, 0.25) is 0 Å². The van der Waals surface area contributed by atoms with Gasteiger partial charge in [-0.05, 0) is 13.1 Å². The van der Waals surface area contributed by atoms with E-state index >= 15 is 0 Å². The number of carbonyl (C=O) groups is 1. The molecule has 6 heteroatoms. The first-order chi connectivity index (χ1) is 7.00. The maximum Gasteiger partial charge on any atom is 0.215 e. The number of aldehydes is 1. The minimum Gasteiger partial charge on any atom is -0.298 e. The van der Waals surface area contributed by atoms with Gasteiger partial charge >= 0.3 is 0 Å². The van der Waals surface area contributed by atoms with E-state index in [0.29, 0.717) is 6.29 Å². The summed E-state index contributed by atoms with van der Waals surface area (Å²) in [7, 11) is -2.28. The molecule has 0 atom stereocenters. The highest BCUT2D eigenvalue weighted by atomic mass is 32.2.